The molecule has 0 spiro atoms. The van der Waals surface area contributed by atoms with Gasteiger partial charge in [0.1, 0.15) is 35.2 Å². The van der Waals surface area contributed by atoms with Gasteiger partial charge in [-0.05, 0) is 36.8 Å². The normalized spacial score (nSPS) is 22.6. The minimum Gasteiger partial charge on any atom is -0.497 e. The number of hydrogen-bond acceptors (Lipinski definition) is 11. The Labute approximate surface area is 319 Å². The summed E-state index contributed by atoms with van der Waals surface area (Å²) in [5, 5.41) is 5.19. The summed E-state index contributed by atoms with van der Waals surface area (Å²) in [5.74, 6) is -4.21. The molecule has 6 rings (SSSR count). The van der Waals surface area contributed by atoms with Crippen LogP contribution < -0.4 is 24.8 Å². The summed E-state index contributed by atoms with van der Waals surface area (Å²) in [6.45, 7) is 8.70. The Morgan fingerprint density at radius 1 is 1.04 bits per heavy atom. The van der Waals surface area contributed by atoms with E-state index in [2.05, 4.69) is 26.7 Å². The maximum atomic E-state index is 14.5. The van der Waals surface area contributed by atoms with Gasteiger partial charge in [-0.15, -0.1) is 6.58 Å². The number of ether oxygens (including phenoxy) is 3. The van der Waals surface area contributed by atoms with Crippen molar-refractivity contribution < 1.29 is 46.6 Å². The molecule has 292 valence electrons. The molecule has 16 heteroatoms. The predicted octanol–water partition coefficient (Wildman–Crippen LogP) is 2.63. The minimum absolute atomic E-state index is 0.0448. The predicted molar refractivity (Wildman–Crippen MR) is 201 cm³/mol. The third-order valence-corrected chi connectivity index (χ3v) is 12.0. The van der Waals surface area contributed by atoms with E-state index in [0.717, 1.165) is 12.7 Å². The van der Waals surface area contributed by atoms with Gasteiger partial charge in [0.05, 0.1) is 37.2 Å². The number of sulfonamides is 1. The van der Waals surface area contributed by atoms with E-state index < -0.39 is 79.9 Å². The first-order valence-corrected chi connectivity index (χ1v) is 19.5. The molecule has 3 N–H and O–H groups in total. The molecule has 2 aliphatic carbocycles. The van der Waals surface area contributed by atoms with Crippen LogP contribution in [0.15, 0.2) is 67.3 Å². The maximum Gasteiger partial charge on any atom is 0.396 e. The number of carbonyl (C=O) groups is 5. The number of esters is 1. The summed E-state index contributed by atoms with van der Waals surface area (Å²) in [7, 11) is -1.35. The highest BCUT2D eigenvalue weighted by molar-refractivity contribution is 7.91. The van der Waals surface area contributed by atoms with Crippen LogP contribution in [0, 0.1) is 11.3 Å². The standard InChI is InChI=1S/C39H45N5O10S/c1-7-23-20-39(23,37(49)43-55(50,51)26-14-15-26)42-33(45)30-18-25(21-44(30)35(47)32(38(2,3)4)41-34(46)36(48)53-6)54-31-19-28(22-11-9-8-10-12-22)40-29-17-24(52-5)13-16-27(29)31/h7-13,16-17,19,23,25-26,30,32H,1,14-15,18,20-21H2,2-6H3,(H,41,46)(H,42,45)(H,43,49)/t23?,25-,30+,32-,39?/m1/s1. The number of pyridine rings is 1. The molecule has 0 radical (unpaired) electrons. The first-order valence-electron chi connectivity index (χ1n) is 17.9. The molecule has 1 saturated heterocycles. The highest BCUT2D eigenvalue weighted by Crippen LogP contribution is 2.46. The van der Waals surface area contributed by atoms with Gasteiger partial charge in [0, 0.05) is 35.4 Å². The number of carbonyl (C=O) groups excluding carboxylic acids is 5. The van der Waals surface area contributed by atoms with Crippen LogP contribution in [-0.2, 0) is 38.7 Å². The van der Waals surface area contributed by atoms with Crippen LogP contribution in [0.5, 0.6) is 11.5 Å². The number of likely N-dealkylation sites (tertiary alicyclic amines) is 1. The third-order valence-electron chi connectivity index (χ3n) is 10.2. The van der Waals surface area contributed by atoms with Crippen molar-refractivity contribution in [3.8, 4) is 22.8 Å². The summed E-state index contributed by atoms with van der Waals surface area (Å²) in [6, 6.07) is 14.0. The fraction of sp³-hybridized carbons (Fsp3) is 0.436. The molecule has 2 aromatic carbocycles. The number of amides is 4. The minimum atomic E-state index is -3.94. The average Bonchev–Trinajstić information content (AvgIpc) is 4.09. The Kier molecular flexibility index (Phi) is 10.7. The highest BCUT2D eigenvalue weighted by atomic mass is 32.2. The zero-order valence-corrected chi connectivity index (χ0v) is 32.1. The molecule has 3 aliphatic rings. The van der Waals surface area contributed by atoms with E-state index in [0.29, 0.717) is 40.9 Å². The molecule has 55 heavy (non-hydrogen) atoms. The second kappa shape index (κ2) is 15.0. The second-order valence-electron chi connectivity index (χ2n) is 15.2. The first-order chi connectivity index (χ1) is 26.0. The van der Waals surface area contributed by atoms with Gasteiger partial charge in [-0.2, -0.15) is 0 Å². The van der Waals surface area contributed by atoms with Crippen molar-refractivity contribution in [2.75, 3.05) is 20.8 Å². The van der Waals surface area contributed by atoms with Gasteiger partial charge in [0.25, 0.3) is 5.91 Å². The van der Waals surface area contributed by atoms with Gasteiger partial charge < -0.3 is 29.7 Å². The Balaban J connectivity index is 1.35. The number of aromatic nitrogens is 1. The number of nitrogens with one attached hydrogen (secondary N) is 3. The van der Waals surface area contributed by atoms with E-state index in [1.807, 2.05) is 30.3 Å². The SMILES string of the molecule is C=CC1CC1(NC(=O)[C@@H]1C[C@@H](Oc2cc(-c3ccccc3)nc3cc(OC)ccc23)CN1C(=O)[C@@H](NC(=O)C(=O)OC)C(C)(C)C)C(=O)NS(=O)(=O)C1CC1. The van der Waals surface area contributed by atoms with Crippen molar-refractivity contribution in [1.82, 2.24) is 25.2 Å². The lowest BCUT2D eigenvalue weighted by molar-refractivity contribution is -0.155. The number of rotatable bonds is 12. The van der Waals surface area contributed by atoms with Gasteiger partial charge in [0.15, 0.2) is 0 Å². The Bertz CT molecular complexity index is 2150. The number of benzene rings is 2. The van der Waals surface area contributed by atoms with Crippen LogP contribution in [-0.4, -0.2) is 97.6 Å². The molecule has 3 aromatic rings. The Hall–Kier alpha value is -5.51. The number of hydrogen-bond donors (Lipinski definition) is 3. The molecule has 1 aromatic heterocycles. The van der Waals surface area contributed by atoms with Crippen LogP contribution in [0.2, 0.25) is 0 Å². The number of methoxy groups -OCH3 is 2. The van der Waals surface area contributed by atoms with Crippen LogP contribution >= 0.6 is 0 Å². The van der Waals surface area contributed by atoms with Crippen LogP contribution in [0.1, 0.15) is 46.5 Å². The first kappa shape index (κ1) is 39.2. The fourth-order valence-electron chi connectivity index (χ4n) is 6.83. The largest absolute Gasteiger partial charge is 0.497 e. The quantitative estimate of drug-likeness (QED) is 0.139. The summed E-state index contributed by atoms with van der Waals surface area (Å²) in [6.07, 6.45) is 1.60. The second-order valence-corrected chi connectivity index (χ2v) is 17.1. The number of fused-ring (bicyclic) bond motifs is 1. The van der Waals surface area contributed by atoms with Crippen molar-refractivity contribution >= 4 is 50.5 Å². The topological polar surface area (TPSA) is 199 Å². The lowest BCUT2D eigenvalue weighted by atomic mass is 9.85. The zero-order chi connectivity index (χ0) is 39.9. The van der Waals surface area contributed by atoms with E-state index in [-0.39, 0.29) is 19.4 Å². The van der Waals surface area contributed by atoms with E-state index in [1.54, 1.807) is 52.1 Å². The van der Waals surface area contributed by atoms with Gasteiger partial charge in [-0.25, -0.2) is 18.2 Å². The van der Waals surface area contributed by atoms with Crippen molar-refractivity contribution in [2.45, 2.75) is 75.4 Å². The van der Waals surface area contributed by atoms with E-state index in [1.165, 1.54) is 11.0 Å². The van der Waals surface area contributed by atoms with E-state index in [9.17, 15) is 32.4 Å². The molecule has 15 nitrogen and oxygen atoms in total. The molecule has 1 aliphatic heterocycles. The zero-order valence-electron chi connectivity index (χ0n) is 31.3. The van der Waals surface area contributed by atoms with Gasteiger partial charge in [-0.1, -0.05) is 57.2 Å². The molecule has 2 unspecified atom stereocenters. The molecule has 2 heterocycles. The molecular formula is C39H45N5O10S. The molecule has 5 atom stereocenters. The van der Waals surface area contributed by atoms with Gasteiger partial charge >= 0.3 is 11.9 Å². The lowest BCUT2D eigenvalue weighted by Crippen LogP contribution is -2.60. The summed E-state index contributed by atoms with van der Waals surface area (Å²) >= 11 is 0. The van der Waals surface area contributed by atoms with E-state index in [4.69, 9.17) is 14.5 Å². The Morgan fingerprint density at radius 3 is 2.35 bits per heavy atom. The summed E-state index contributed by atoms with van der Waals surface area (Å²) in [5.41, 5.74) is -0.558. The Morgan fingerprint density at radius 2 is 1.75 bits per heavy atom. The van der Waals surface area contributed by atoms with Crippen molar-refractivity contribution in [3.63, 3.8) is 0 Å². The smallest absolute Gasteiger partial charge is 0.396 e. The van der Waals surface area contributed by atoms with Gasteiger partial charge in [-0.3, -0.25) is 23.9 Å². The molecule has 2 saturated carbocycles. The van der Waals surface area contributed by atoms with E-state index >= 15 is 0 Å². The average molecular weight is 776 g/mol. The summed E-state index contributed by atoms with van der Waals surface area (Å²) < 4.78 is 44.2. The maximum absolute atomic E-state index is 14.5. The van der Waals surface area contributed by atoms with Crippen molar-refractivity contribution in [2.24, 2.45) is 11.3 Å². The van der Waals surface area contributed by atoms with Gasteiger partial charge in [0.2, 0.25) is 21.8 Å². The molecular weight excluding hydrogens is 731 g/mol. The van der Waals surface area contributed by atoms with Crippen LogP contribution in [0.3, 0.4) is 0 Å². The lowest BCUT2D eigenvalue weighted by Gasteiger charge is -2.35. The highest BCUT2D eigenvalue weighted by Gasteiger charge is 2.62. The number of nitrogens with zero attached hydrogens (tertiary/aromatic N) is 2. The monoisotopic (exact) mass is 775 g/mol. The van der Waals surface area contributed by atoms with Crippen LogP contribution in [0.4, 0.5) is 0 Å². The molecule has 3 fully saturated rings. The van der Waals surface area contributed by atoms with Crippen molar-refractivity contribution in [1.29, 1.82) is 0 Å². The molecule has 4 amide bonds. The summed E-state index contributed by atoms with van der Waals surface area (Å²) in [4.78, 5) is 73.3. The fourth-order valence-corrected chi connectivity index (χ4v) is 8.19. The van der Waals surface area contributed by atoms with Crippen molar-refractivity contribution in [3.05, 3.63) is 67.3 Å². The third kappa shape index (κ3) is 8.14. The molecule has 0 bridgehead atoms. The van der Waals surface area contributed by atoms with Crippen LogP contribution in [0.25, 0.3) is 22.2 Å².